The molecule has 0 spiro atoms. The van der Waals surface area contributed by atoms with Gasteiger partial charge in [0.2, 0.25) is 0 Å². The molecule has 1 saturated heterocycles. The number of amides is 2. The van der Waals surface area contributed by atoms with Crippen molar-refractivity contribution in [2.24, 2.45) is 0 Å². The Morgan fingerprint density at radius 1 is 0.966 bits per heavy atom. The van der Waals surface area contributed by atoms with Crippen LogP contribution in [0.3, 0.4) is 0 Å². The smallest absolute Gasteiger partial charge is 0.337 e. The monoisotopic (exact) mass is 395 g/mol. The van der Waals surface area contributed by atoms with E-state index in [-0.39, 0.29) is 24.1 Å². The Morgan fingerprint density at radius 3 is 2.17 bits per heavy atom. The van der Waals surface area contributed by atoms with Crippen LogP contribution in [0.5, 0.6) is 0 Å². The van der Waals surface area contributed by atoms with Crippen molar-refractivity contribution < 1.29 is 14.3 Å². The number of benzene rings is 2. The number of ether oxygens (including phenoxy) is 1. The summed E-state index contributed by atoms with van der Waals surface area (Å²) < 4.78 is 4.75. The fraction of sp³-hybridized carbons (Fsp3) is 0.391. The molecule has 1 fully saturated rings. The largest absolute Gasteiger partial charge is 0.465 e. The molecular weight excluding hydrogens is 366 g/mol. The fourth-order valence-corrected chi connectivity index (χ4v) is 3.79. The van der Waals surface area contributed by atoms with Gasteiger partial charge in [-0.15, -0.1) is 0 Å². The van der Waals surface area contributed by atoms with Gasteiger partial charge in [0.1, 0.15) is 0 Å². The van der Waals surface area contributed by atoms with E-state index in [0.29, 0.717) is 25.2 Å². The van der Waals surface area contributed by atoms with Crippen LogP contribution in [-0.4, -0.2) is 54.1 Å². The zero-order chi connectivity index (χ0) is 20.8. The topological polar surface area (TPSA) is 61.9 Å². The van der Waals surface area contributed by atoms with Crippen molar-refractivity contribution in [3.63, 3.8) is 0 Å². The highest BCUT2D eigenvalue weighted by Crippen LogP contribution is 2.20. The van der Waals surface area contributed by atoms with Crippen LogP contribution in [0.2, 0.25) is 0 Å². The number of piperazine rings is 1. The molecule has 1 aliphatic heterocycles. The third kappa shape index (κ3) is 5.35. The molecular formula is C23H29N3O3. The lowest BCUT2D eigenvalue weighted by molar-refractivity contribution is 0.0491. The van der Waals surface area contributed by atoms with Crippen molar-refractivity contribution in [2.75, 3.05) is 20.2 Å². The average Bonchev–Trinajstić information content (AvgIpc) is 2.75. The van der Waals surface area contributed by atoms with E-state index in [1.807, 2.05) is 47.4 Å². The zero-order valence-corrected chi connectivity index (χ0v) is 17.3. The van der Waals surface area contributed by atoms with E-state index < -0.39 is 0 Å². The molecule has 6 nitrogen and oxygen atoms in total. The molecule has 3 rings (SSSR count). The molecule has 0 radical (unpaired) electrons. The molecule has 0 aromatic heterocycles. The van der Waals surface area contributed by atoms with Gasteiger partial charge in [-0.3, -0.25) is 4.90 Å². The van der Waals surface area contributed by atoms with E-state index in [2.05, 4.69) is 24.1 Å². The van der Waals surface area contributed by atoms with Crippen LogP contribution in [-0.2, 0) is 17.8 Å². The second-order valence-electron chi connectivity index (χ2n) is 7.61. The number of nitrogens with zero attached hydrogens (tertiary/aromatic N) is 2. The summed E-state index contributed by atoms with van der Waals surface area (Å²) in [7, 11) is 1.38. The van der Waals surface area contributed by atoms with Crippen molar-refractivity contribution in [3.8, 4) is 0 Å². The van der Waals surface area contributed by atoms with E-state index in [9.17, 15) is 9.59 Å². The van der Waals surface area contributed by atoms with Crippen LogP contribution < -0.4 is 5.32 Å². The molecule has 0 bridgehead atoms. The first kappa shape index (κ1) is 20.9. The maximum atomic E-state index is 12.6. The van der Waals surface area contributed by atoms with Gasteiger partial charge in [-0.1, -0.05) is 42.5 Å². The van der Waals surface area contributed by atoms with E-state index in [1.54, 1.807) is 12.1 Å². The van der Waals surface area contributed by atoms with Gasteiger partial charge in [-0.05, 0) is 37.1 Å². The molecule has 2 amide bonds. The molecule has 154 valence electrons. The Kier molecular flexibility index (Phi) is 6.88. The van der Waals surface area contributed by atoms with Crippen LogP contribution >= 0.6 is 0 Å². The summed E-state index contributed by atoms with van der Waals surface area (Å²) >= 11 is 0. The van der Waals surface area contributed by atoms with Crippen molar-refractivity contribution in [3.05, 3.63) is 71.3 Å². The van der Waals surface area contributed by atoms with Crippen molar-refractivity contribution in [2.45, 2.75) is 39.0 Å². The summed E-state index contributed by atoms with van der Waals surface area (Å²) in [4.78, 5) is 28.5. The van der Waals surface area contributed by atoms with E-state index in [1.165, 1.54) is 7.11 Å². The molecule has 1 heterocycles. The van der Waals surface area contributed by atoms with E-state index in [4.69, 9.17) is 4.74 Å². The molecule has 0 aliphatic carbocycles. The van der Waals surface area contributed by atoms with Gasteiger partial charge in [-0.2, -0.15) is 0 Å². The summed E-state index contributed by atoms with van der Waals surface area (Å²) in [5.41, 5.74) is 2.78. The minimum Gasteiger partial charge on any atom is -0.465 e. The number of hydrogen-bond acceptors (Lipinski definition) is 4. The standard InChI is InChI=1S/C23H29N3O3/c1-17-14-25(23(28)24-13-19-7-5-4-6-8-19)15-18(2)26(17)16-20-9-11-21(12-10-20)22(27)29-3/h4-12,17-18H,13-16H2,1-3H3,(H,24,28)/t17-,18+. The molecule has 2 aromatic rings. The lowest BCUT2D eigenvalue weighted by Crippen LogP contribution is -2.59. The van der Waals surface area contributed by atoms with Gasteiger partial charge in [0.05, 0.1) is 12.7 Å². The van der Waals surface area contributed by atoms with Crippen LogP contribution in [0.1, 0.15) is 35.3 Å². The highest BCUT2D eigenvalue weighted by Gasteiger charge is 2.31. The Balaban J connectivity index is 1.55. The molecule has 0 saturated carbocycles. The zero-order valence-electron chi connectivity index (χ0n) is 17.3. The lowest BCUT2D eigenvalue weighted by atomic mass is 10.1. The molecule has 2 atom stereocenters. The normalized spacial score (nSPS) is 19.6. The second-order valence-corrected chi connectivity index (χ2v) is 7.61. The number of urea groups is 1. The predicted octanol–water partition coefficient (Wildman–Crippen LogP) is 3.28. The summed E-state index contributed by atoms with van der Waals surface area (Å²) in [6, 6.07) is 17.9. The van der Waals surface area contributed by atoms with Crippen LogP contribution in [0.25, 0.3) is 0 Å². The summed E-state index contributed by atoms with van der Waals surface area (Å²) in [5, 5.41) is 3.02. The van der Waals surface area contributed by atoms with Crippen LogP contribution in [0.15, 0.2) is 54.6 Å². The Labute approximate surface area is 172 Å². The van der Waals surface area contributed by atoms with Crippen molar-refractivity contribution in [1.82, 2.24) is 15.1 Å². The van der Waals surface area contributed by atoms with E-state index in [0.717, 1.165) is 17.7 Å². The van der Waals surface area contributed by atoms with Gasteiger partial charge >= 0.3 is 12.0 Å². The quantitative estimate of drug-likeness (QED) is 0.790. The second kappa shape index (κ2) is 9.56. The molecule has 0 unspecified atom stereocenters. The Bertz CT molecular complexity index is 811. The van der Waals surface area contributed by atoms with Gasteiger partial charge in [-0.25, -0.2) is 9.59 Å². The first-order chi connectivity index (χ1) is 14.0. The lowest BCUT2D eigenvalue weighted by Gasteiger charge is -2.44. The molecule has 2 aromatic carbocycles. The maximum Gasteiger partial charge on any atom is 0.337 e. The van der Waals surface area contributed by atoms with Gasteiger partial charge in [0, 0.05) is 38.3 Å². The molecule has 1 N–H and O–H groups in total. The van der Waals surface area contributed by atoms with E-state index >= 15 is 0 Å². The van der Waals surface area contributed by atoms with Crippen molar-refractivity contribution in [1.29, 1.82) is 0 Å². The van der Waals surface area contributed by atoms with Crippen molar-refractivity contribution >= 4 is 12.0 Å². The number of rotatable bonds is 5. The molecule has 29 heavy (non-hydrogen) atoms. The van der Waals surface area contributed by atoms with Gasteiger partial charge in [0.25, 0.3) is 0 Å². The highest BCUT2D eigenvalue weighted by atomic mass is 16.5. The Hall–Kier alpha value is -2.86. The number of esters is 1. The summed E-state index contributed by atoms with van der Waals surface area (Å²) in [6.45, 7) is 6.99. The van der Waals surface area contributed by atoms with Crippen LogP contribution in [0.4, 0.5) is 4.79 Å². The third-order valence-corrected chi connectivity index (χ3v) is 5.42. The molecule has 6 heteroatoms. The number of nitrogens with one attached hydrogen (secondary N) is 1. The minimum absolute atomic E-state index is 0.0189. The Morgan fingerprint density at radius 2 is 1.59 bits per heavy atom. The first-order valence-electron chi connectivity index (χ1n) is 9.97. The van der Waals surface area contributed by atoms with Gasteiger partial charge < -0.3 is 15.0 Å². The number of carbonyl (C=O) groups is 2. The SMILES string of the molecule is COC(=O)c1ccc(CN2[C@H](C)CN(C(=O)NCc3ccccc3)C[C@@H]2C)cc1. The minimum atomic E-state index is -0.326. The van der Waals surface area contributed by atoms with Crippen LogP contribution in [0, 0.1) is 0 Å². The predicted molar refractivity (Wildman–Crippen MR) is 112 cm³/mol. The summed E-state index contributed by atoms with van der Waals surface area (Å²) in [5.74, 6) is -0.326. The molecule has 1 aliphatic rings. The summed E-state index contributed by atoms with van der Waals surface area (Å²) in [6.07, 6.45) is 0. The number of hydrogen-bond donors (Lipinski definition) is 1. The first-order valence-corrected chi connectivity index (χ1v) is 9.97. The van der Waals surface area contributed by atoms with Gasteiger partial charge in [0.15, 0.2) is 0 Å². The fourth-order valence-electron chi connectivity index (χ4n) is 3.79. The third-order valence-electron chi connectivity index (χ3n) is 5.42. The maximum absolute atomic E-state index is 12.6. The highest BCUT2D eigenvalue weighted by molar-refractivity contribution is 5.89. The average molecular weight is 396 g/mol. The number of methoxy groups -OCH3 is 1. The number of carbonyl (C=O) groups excluding carboxylic acids is 2.